The van der Waals surface area contributed by atoms with E-state index in [1.807, 2.05) is 17.0 Å². The molecule has 1 aromatic heterocycles. The Morgan fingerprint density at radius 1 is 1.12 bits per heavy atom. The molecule has 1 aliphatic heterocycles. The van der Waals surface area contributed by atoms with Crippen LogP contribution >= 0.6 is 0 Å². The molecule has 5 nitrogen and oxygen atoms in total. The van der Waals surface area contributed by atoms with Gasteiger partial charge in [0.2, 0.25) is 0 Å². The van der Waals surface area contributed by atoms with Crippen molar-refractivity contribution in [2.75, 3.05) is 18.0 Å². The van der Waals surface area contributed by atoms with Crippen LogP contribution in [0.3, 0.4) is 0 Å². The van der Waals surface area contributed by atoms with Gasteiger partial charge in [0.05, 0.1) is 18.3 Å². The molecule has 0 atom stereocenters. The van der Waals surface area contributed by atoms with Crippen molar-refractivity contribution in [3.8, 4) is 0 Å². The minimum absolute atomic E-state index is 0.111. The molecule has 130 valence electrons. The number of nitrogens with zero attached hydrogens (tertiary/aromatic N) is 1. The lowest BCUT2D eigenvalue weighted by molar-refractivity contribution is 0.145. The summed E-state index contributed by atoms with van der Waals surface area (Å²) in [6.07, 6.45) is 1.10. The summed E-state index contributed by atoms with van der Waals surface area (Å²) in [5.74, 6) is 1.04. The molecular formula is C18H23FN2O3. The summed E-state index contributed by atoms with van der Waals surface area (Å²) in [6.45, 7) is 2.31. The maximum atomic E-state index is 14.4. The Morgan fingerprint density at radius 3 is 2.54 bits per heavy atom. The zero-order valence-corrected chi connectivity index (χ0v) is 13.5. The number of benzene rings is 1. The van der Waals surface area contributed by atoms with Crippen LogP contribution in [0.1, 0.15) is 29.9 Å². The van der Waals surface area contributed by atoms with Gasteiger partial charge in [0.1, 0.15) is 23.9 Å². The molecule has 0 aliphatic carbocycles. The number of halogens is 1. The van der Waals surface area contributed by atoms with Crippen LogP contribution in [0.5, 0.6) is 0 Å². The quantitative estimate of drug-likeness (QED) is 0.755. The van der Waals surface area contributed by atoms with Gasteiger partial charge in [0.25, 0.3) is 0 Å². The Bertz CT molecular complexity index is 666. The first-order chi connectivity index (χ1) is 11.7. The van der Waals surface area contributed by atoms with Gasteiger partial charge in [-0.05, 0) is 42.7 Å². The van der Waals surface area contributed by atoms with Gasteiger partial charge < -0.3 is 24.8 Å². The van der Waals surface area contributed by atoms with E-state index < -0.39 is 0 Å². The van der Waals surface area contributed by atoms with E-state index in [1.165, 1.54) is 0 Å². The molecule has 3 rings (SSSR count). The zero-order chi connectivity index (χ0) is 16.9. The van der Waals surface area contributed by atoms with Crippen molar-refractivity contribution in [3.05, 3.63) is 53.2 Å². The van der Waals surface area contributed by atoms with Gasteiger partial charge >= 0.3 is 0 Å². The molecule has 1 aromatic carbocycles. The van der Waals surface area contributed by atoms with E-state index in [-0.39, 0.29) is 18.5 Å². The Balaban J connectivity index is 1.54. The number of piperidine rings is 1. The first kappa shape index (κ1) is 17.0. The highest BCUT2D eigenvalue weighted by Crippen LogP contribution is 2.24. The van der Waals surface area contributed by atoms with Crippen LogP contribution in [-0.4, -0.2) is 29.4 Å². The number of aliphatic hydroxyl groups is 2. The highest BCUT2D eigenvalue weighted by atomic mass is 19.1. The number of rotatable bonds is 6. The van der Waals surface area contributed by atoms with Crippen molar-refractivity contribution in [2.24, 2.45) is 0 Å². The van der Waals surface area contributed by atoms with Crippen molar-refractivity contribution < 1.29 is 19.0 Å². The van der Waals surface area contributed by atoms with Crippen LogP contribution in [0.25, 0.3) is 0 Å². The minimum Gasteiger partial charge on any atom is -0.462 e. The monoisotopic (exact) mass is 334 g/mol. The molecule has 1 saturated heterocycles. The molecule has 1 fully saturated rings. The van der Waals surface area contributed by atoms with Crippen LogP contribution < -0.4 is 10.2 Å². The van der Waals surface area contributed by atoms with E-state index in [0.717, 1.165) is 11.3 Å². The summed E-state index contributed by atoms with van der Waals surface area (Å²) in [6, 6.07) is 8.82. The van der Waals surface area contributed by atoms with Crippen LogP contribution in [-0.2, 0) is 19.7 Å². The maximum absolute atomic E-state index is 14.4. The fourth-order valence-corrected chi connectivity index (χ4v) is 2.96. The van der Waals surface area contributed by atoms with Crippen molar-refractivity contribution in [3.63, 3.8) is 0 Å². The molecule has 0 spiro atoms. The van der Waals surface area contributed by atoms with E-state index in [1.54, 1.807) is 18.2 Å². The first-order valence-corrected chi connectivity index (χ1v) is 8.26. The summed E-state index contributed by atoms with van der Waals surface area (Å²) in [7, 11) is 0. The Morgan fingerprint density at radius 2 is 1.88 bits per heavy atom. The van der Waals surface area contributed by atoms with E-state index in [9.17, 15) is 9.50 Å². The maximum Gasteiger partial charge on any atom is 0.146 e. The van der Waals surface area contributed by atoms with E-state index in [4.69, 9.17) is 9.52 Å². The SMILES string of the molecule is OCc1ccc(CNCc2ccc(N3CCC(O)CC3)c(F)c2)o1. The molecular weight excluding hydrogens is 311 g/mol. The summed E-state index contributed by atoms with van der Waals surface area (Å²) < 4.78 is 19.7. The molecule has 24 heavy (non-hydrogen) atoms. The summed E-state index contributed by atoms with van der Waals surface area (Å²) in [4.78, 5) is 1.98. The normalized spacial score (nSPS) is 15.9. The topological polar surface area (TPSA) is 68.9 Å². The van der Waals surface area contributed by atoms with Gasteiger partial charge in [0, 0.05) is 19.6 Å². The Kier molecular flexibility index (Phi) is 5.50. The molecule has 0 saturated carbocycles. The molecule has 1 aliphatic rings. The average molecular weight is 334 g/mol. The van der Waals surface area contributed by atoms with Gasteiger partial charge in [-0.1, -0.05) is 6.07 Å². The standard InChI is InChI=1S/C18H23FN2O3/c19-17-9-13(10-20-11-15-2-3-16(12-22)24-15)1-4-18(17)21-7-5-14(23)6-8-21/h1-4,9,14,20,22-23H,5-8,10-12H2. The third-order valence-corrected chi connectivity index (χ3v) is 4.32. The Labute approximate surface area is 140 Å². The van der Waals surface area contributed by atoms with Crippen molar-refractivity contribution in [2.45, 2.75) is 38.6 Å². The van der Waals surface area contributed by atoms with E-state index in [0.29, 0.717) is 50.5 Å². The first-order valence-electron chi connectivity index (χ1n) is 8.26. The highest BCUT2D eigenvalue weighted by molar-refractivity contribution is 5.49. The lowest BCUT2D eigenvalue weighted by atomic mass is 10.1. The van der Waals surface area contributed by atoms with Crippen molar-refractivity contribution in [1.82, 2.24) is 5.32 Å². The van der Waals surface area contributed by atoms with Gasteiger partial charge in [-0.25, -0.2) is 4.39 Å². The van der Waals surface area contributed by atoms with Crippen LogP contribution in [0.4, 0.5) is 10.1 Å². The number of nitrogens with one attached hydrogen (secondary N) is 1. The summed E-state index contributed by atoms with van der Waals surface area (Å²) >= 11 is 0. The van der Waals surface area contributed by atoms with Crippen molar-refractivity contribution in [1.29, 1.82) is 0 Å². The van der Waals surface area contributed by atoms with Gasteiger partial charge in [0.15, 0.2) is 0 Å². The van der Waals surface area contributed by atoms with Crippen LogP contribution in [0.2, 0.25) is 0 Å². The largest absolute Gasteiger partial charge is 0.462 e. The van der Waals surface area contributed by atoms with Crippen LogP contribution in [0.15, 0.2) is 34.7 Å². The fraction of sp³-hybridized carbons (Fsp3) is 0.444. The summed E-state index contributed by atoms with van der Waals surface area (Å²) in [5, 5.41) is 21.7. The molecule has 6 heteroatoms. The highest BCUT2D eigenvalue weighted by Gasteiger charge is 2.19. The molecule has 0 amide bonds. The molecule has 0 radical (unpaired) electrons. The van der Waals surface area contributed by atoms with Crippen LogP contribution in [0, 0.1) is 5.82 Å². The van der Waals surface area contributed by atoms with E-state index in [2.05, 4.69) is 5.32 Å². The molecule has 3 N–H and O–H groups in total. The average Bonchev–Trinajstić information content (AvgIpc) is 3.04. The third-order valence-electron chi connectivity index (χ3n) is 4.32. The second kappa shape index (κ2) is 7.79. The predicted octanol–water partition coefficient (Wildman–Crippen LogP) is 2.16. The number of hydrogen-bond acceptors (Lipinski definition) is 5. The van der Waals surface area contributed by atoms with Gasteiger partial charge in [-0.2, -0.15) is 0 Å². The molecule has 2 aromatic rings. The fourth-order valence-electron chi connectivity index (χ4n) is 2.96. The number of hydrogen-bond donors (Lipinski definition) is 3. The molecule has 0 bridgehead atoms. The summed E-state index contributed by atoms with van der Waals surface area (Å²) in [5.41, 5.74) is 1.46. The number of furan rings is 1. The van der Waals surface area contributed by atoms with Gasteiger partial charge in [-0.3, -0.25) is 0 Å². The minimum atomic E-state index is -0.263. The smallest absolute Gasteiger partial charge is 0.146 e. The predicted molar refractivity (Wildman–Crippen MR) is 89.0 cm³/mol. The zero-order valence-electron chi connectivity index (χ0n) is 13.5. The number of anilines is 1. The Hall–Kier alpha value is -1.89. The number of aliphatic hydroxyl groups excluding tert-OH is 2. The lowest BCUT2D eigenvalue weighted by Crippen LogP contribution is -2.36. The third kappa shape index (κ3) is 4.14. The second-order valence-electron chi connectivity index (χ2n) is 6.13. The van der Waals surface area contributed by atoms with Crippen molar-refractivity contribution >= 4 is 5.69 Å². The lowest BCUT2D eigenvalue weighted by Gasteiger charge is -2.31. The molecule has 0 unspecified atom stereocenters. The molecule has 2 heterocycles. The van der Waals surface area contributed by atoms with E-state index >= 15 is 0 Å². The van der Waals surface area contributed by atoms with Gasteiger partial charge in [-0.15, -0.1) is 0 Å². The second-order valence-corrected chi connectivity index (χ2v) is 6.13.